The molecule has 112 valence electrons. The van der Waals surface area contributed by atoms with Crippen molar-refractivity contribution in [1.82, 2.24) is 14.8 Å². The smallest absolute Gasteiger partial charge is 0.195 e. The molecule has 1 aliphatic heterocycles. The van der Waals surface area contributed by atoms with Crippen LogP contribution in [0.2, 0.25) is 0 Å². The molecule has 0 aliphatic carbocycles. The van der Waals surface area contributed by atoms with Gasteiger partial charge in [0.15, 0.2) is 22.2 Å². The number of para-hydroxylation sites is 1. The van der Waals surface area contributed by atoms with Crippen LogP contribution in [-0.4, -0.2) is 27.5 Å². The van der Waals surface area contributed by atoms with Gasteiger partial charge in [0.1, 0.15) is 6.61 Å². The van der Waals surface area contributed by atoms with Crippen molar-refractivity contribution in [2.75, 3.05) is 6.61 Å². The van der Waals surface area contributed by atoms with Crippen molar-refractivity contribution in [3.8, 4) is 5.75 Å². The Hall–Kier alpha value is -1.73. The van der Waals surface area contributed by atoms with Gasteiger partial charge in [-0.1, -0.05) is 12.1 Å². The summed E-state index contributed by atoms with van der Waals surface area (Å²) in [6, 6.07) is 6.29. The molecule has 1 N–H and O–H groups in total. The molecule has 21 heavy (non-hydrogen) atoms. The normalized spacial score (nSPS) is 18.0. The zero-order valence-corrected chi connectivity index (χ0v) is 12.2. The van der Waals surface area contributed by atoms with Crippen molar-refractivity contribution in [3.05, 3.63) is 40.7 Å². The predicted octanol–water partition coefficient (Wildman–Crippen LogP) is 2.84. The molecular formula is C14H16FN3O2S. The summed E-state index contributed by atoms with van der Waals surface area (Å²) in [5, 5.41) is 6.89. The first-order valence-electron chi connectivity index (χ1n) is 6.87. The minimum atomic E-state index is -0.391. The molecule has 0 saturated carbocycles. The summed E-state index contributed by atoms with van der Waals surface area (Å²) in [6.45, 7) is 1.59. The molecule has 1 aromatic carbocycles. The highest BCUT2D eigenvalue weighted by Crippen LogP contribution is 2.18. The van der Waals surface area contributed by atoms with E-state index in [1.165, 1.54) is 6.07 Å². The van der Waals surface area contributed by atoms with E-state index in [1.54, 1.807) is 18.2 Å². The topological polar surface area (TPSA) is 52.1 Å². The first-order valence-corrected chi connectivity index (χ1v) is 7.28. The van der Waals surface area contributed by atoms with Crippen LogP contribution in [0.25, 0.3) is 0 Å². The molecule has 0 bridgehead atoms. The van der Waals surface area contributed by atoms with E-state index >= 15 is 0 Å². The maximum Gasteiger partial charge on any atom is 0.195 e. The maximum absolute atomic E-state index is 13.5. The number of halogens is 1. The fourth-order valence-corrected chi connectivity index (χ4v) is 2.57. The summed E-state index contributed by atoms with van der Waals surface area (Å²) in [4.78, 5) is 0. The average molecular weight is 309 g/mol. The molecular weight excluding hydrogens is 293 g/mol. The first kappa shape index (κ1) is 14.2. The third-order valence-electron chi connectivity index (χ3n) is 3.44. The Kier molecular flexibility index (Phi) is 4.31. The number of nitrogens with one attached hydrogen (secondary N) is 1. The van der Waals surface area contributed by atoms with E-state index in [9.17, 15) is 4.39 Å². The zero-order chi connectivity index (χ0) is 14.7. The number of ether oxygens (including phenoxy) is 2. The summed E-state index contributed by atoms with van der Waals surface area (Å²) in [5.74, 6) is 0.450. The lowest BCUT2D eigenvalue weighted by atomic mass is 10.2. The number of hydrogen-bond donors (Lipinski definition) is 1. The average Bonchev–Trinajstić information content (AvgIpc) is 3.11. The van der Waals surface area contributed by atoms with Crippen LogP contribution in [0.4, 0.5) is 4.39 Å². The van der Waals surface area contributed by atoms with Crippen LogP contribution in [0.1, 0.15) is 18.7 Å². The molecule has 3 rings (SSSR count). The van der Waals surface area contributed by atoms with Crippen LogP contribution < -0.4 is 4.74 Å². The summed E-state index contributed by atoms with van der Waals surface area (Å²) in [5.41, 5.74) is 0. The second-order valence-electron chi connectivity index (χ2n) is 4.91. The molecule has 1 saturated heterocycles. The van der Waals surface area contributed by atoms with Gasteiger partial charge in [0.2, 0.25) is 0 Å². The van der Waals surface area contributed by atoms with Crippen LogP contribution in [0, 0.1) is 10.6 Å². The van der Waals surface area contributed by atoms with Gasteiger partial charge in [-0.25, -0.2) is 4.39 Å². The minimum Gasteiger partial charge on any atom is -0.483 e. The third-order valence-corrected chi connectivity index (χ3v) is 3.75. The number of rotatable bonds is 5. The molecule has 5 nitrogen and oxygen atoms in total. The second-order valence-corrected chi connectivity index (χ2v) is 5.30. The number of aromatic amines is 1. The Morgan fingerprint density at radius 3 is 3.10 bits per heavy atom. The Morgan fingerprint density at radius 2 is 2.33 bits per heavy atom. The van der Waals surface area contributed by atoms with E-state index in [2.05, 4.69) is 10.2 Å². The van der Waals surface area contributed by atoms with Gasteiger partial charge < -0.3 is 9.47 Å². The number of benzene rings is 1. The SMILES string of the molecule is Fc1ccccc1OCc1n[nH]c(=S)n1C[C@@H]1CCCO1. The van der Waals surface area contributed by atoms with Gasteiger partial charge in [-0.3, -0.25) is 9.67 Å². The molecule has 0 spiro atoms. The van der Waals surface area contributed by atoms with Crippen LogP contribution in [-0.2, 0) is 17.9 Å². The number of H-pyrrole nitrogens is 1. The van der Waals surface area contributed by atoms with Crippen LogP contribution in [0.5, 0.6) is 5.75 Å². The first-order chi connectivity index (χ1) is 10.2. The predicted molar refractivity (Wildman–Crippen MR) is 77.1 cm³/mol. The Bertz CT molecular complexity index is 664. The molecule has 1 aromatic heterocycles. The molecule has 1 atom stereocenters. The summed E-state index contributed by atoms with van der Waals surface area (Å²) >= 11 is 5.22. The van der Waals surface area contributed by atoms with Crippen molar-refractivity contribution in [2.45, 2.75) is 32.1 Å². The van der Waals surface area contributed by atoms with Gasteiger partial charge in [0, 0.05) is 6.61 Å². The van der Waals surface area contributed by atoms with E-state index in [0.29, 0.717) is 17.1 Å². The fraction of sp³-hybridized carbons (Fsp3) is 0.429. The van der Waals surface area contributed by atoms with Gasteiger partial charge in [0.05, 0.1) is 12.6 Å². The lowest BCUT2D eigenvalue weighted by Gasteiger charge is -2.12. The highest BCUT2D eigenvalue weighted by atomic mass is 32.1. The molecule has 0 radical (unpaired) electrons. The molecule has 0 amide bonds. The third kappa shape index (κ3) is 3.30. The van der Waals surface area contributed by atoms with E-state index in [1.807, 2.05) is 4.57 Å². The molecule has 2 heterocycles. The van der Waals surface area contributed by atoms with Crippen LogP contribution in [0.15, 0.2) is 24.3 Å². The van der Waals surface area contributed by atoms with Gasteiger partial charge in [0.25, 0.3) is 0 Å². The van der Waals surface area contributed by atoms with Crippen LogP contribution in [0.3, 0.4) is 0 Å². The Labute approximate surface area is 126 Å². The fourth-order valence-electron chi connectivity index (χ4n) is 2.34. The van der Waals surface area contributed by atoms with Gasteiger partial charge >= 0.3 is 0 Å². The number of aromatic nitrogens is 3. The Morgan fingerprint density at radius 1 is 1.48 bits per heavy atom. The van der Waals surface area contributed by atoms with E-state index in [4.69, 9.17) is 21.7 Å². The van der Waals surface area contributed by atoms with Crippen molar-refractivity contribution in [2.24, 2.45) is 0 Å². The summed E-state index contributed by atoms with van der Waals surface area (Å²) < 4.78 is 27.0. The summed E-state index contributed by atoms with van der Waals surface area (Å²) in [7, 11) is 0. The summed E-state index contributed by atoms with van der Waals surface area (Å²) in [6.07, 6.45) is 2.23. The lowest BCUT2D eigenvalue weighted by molar-refractivity contribution is 0.0948. The molecule has 1 aliphatic rings. The number of nitrogens with zero attached hydrogens (tertiary/aromatic N) is 2. The highest BCUT2D eigenvalue weighted by molar-refractivity contribution is 7.71. The van der Waals surface area contributed by atoms with E-state index < -0.39 is 5.82 Å². The van der Waals surface area contributed by atoms with Crippen LogP contribution >= 0.6 is 12.2 Å². The molecule has 1 fully saturated rings. The molecule has 7 heteroatoms. The van der Waals surface area contributed by atoms with Crippen molar-refractivity contribution >= 4 is 12.2 Å². The van der Waals surface area contributed by atoms with E-state index in [-0.39, 0.29) is 18.5 Å². The molecule has 2 aromatic rings. The Balaban J connectivity index is 1.71. The van der Waals surface area contributed by atoms with Gasteiger partial charge in [-0.2, -0.15) is 5.10 Å². The molecule has 0 unspecified atom stereocenters. The minimum absolute atomic E-state index is 0.154. The lowest BCUT2D eigenvalue weighted by Crippen LogP contribution is -2.18. The largest absolute Gasteiger partial charge is 0.483 e. The second kappa shape index (κ2) is 6.36. The van der Waals surface area contributed by atoms with Crippen molar-refractivity contribution in [1.29, 1.82) is 0 Å². The van der Waals surface area contributed by atoms with Gasteiger partial charge in [-0.15, -0.1) is 0 Å². The van der Waals surface area contributed by atoms with Crippen molar-refractivity contribution in [3.63, 3.8) is 0 Å². The maximum atomic E-state index is 13.5. The quantitative estimate of drug-likeness (QED) is 0.863. The monoisotopic (exact) mass is 309 g/mol. The standard InChI is InChI=1S/C14H16FN3O2S/c15-11-5-1-2-6-12(11)20-9-13-16-17-14(21)18(13)8-10-4-3-7-19-10/h1-2,5-6,10H,3-4,7-9H2,(H,17,21)/t10-/m0/s1. The van der Waals surface area contributed by atoms with Crippen molar-refractivity contribution < 1.29 is 13.9 Å². The van der Waals surface area contributed by atoms with Gasteiger partial charge in [-0.05, 0) is 37.2 Å². The zero-order valence-electron chi connectivity index (χ0n) is 11.4. The highest BCUT2D eigenvalue weighted by Gasteiger charge is 2.18. The number of hydrogen-bond acceptors (Lipinski definition) is 4. The van der Waals surface area contributed by atoms with E-state index in [0.717, 1.165) is 19.4 Å².